The summed E-state index contributed by atoms with van der Waals surface area (Å²) in [5.41, 5.74) is 0.0795. The van der Waals surface area contributed by atoms with Crippen molar-refractivity contribution in [2.45, 2.75) is 40.5 Å². The summed E-state index contributed by atoms with van der Waals surface area (Å²) in [6.07, 6.45) is 2.04. The molecule has 2 heteroatoms. The van der Waals surface area contributed by atoms with Gasteiger partial charge >= 0.3 is 0 Å². The number of nitrogens with one attached hydrogen (secondary N) is 1. The molecule has 72 valence electrons. The van der Waals surface area contributed by atoms with Crippen LogP contribution in [0.3, 0.4) is 0 Å². The van der Waals surface area contributed by atoms with E-state index < -0.39 is 0 Å². The summed E-state index contributed by atoms with van der Waals surface area (Å²) >= 11 is 0. The van der Waals surface area contributed by atoms with Crippen LogP contribution in [-0.4, -0.2) is 13.0 Å². The van der Waals surface area contributed by atoms with Crippen LogP contribution < -0.4 is 5.32 Å². The maximum absolute atomic E-state index is 11.4. The standard InChI is InChI=1S/C10H21NO/c1-6-7-8(9(12)11-5)10(2,3)4/h8H,6-7H2,1-5H3,(H,11,12). The van der Waals surface area contributed by atoms with Crippen LogP contribution >= 0.6 is 0 Å². The summed E-state index contributed by atoms with van der Waals surface area (Å²) < 4.78 is 0. The minimum Gasteiger partial charge on any atom is -0.359 e. The SMILES string of the molecule is CCCC(C(=O)NC)C(C)(C)C. The van der Waals surface area contributed by atoms with Gasteiger partial charge < -0.3 is 5.32 Å². The first-order valence-corrected chi connectivity index (χ1v) is 4.65. The summed E-state index contributed by atoms with van der Waals surface area (Å²) in [6.45, 7) is 8.45. The lowest BCUT2D eigenvalue weighted by molar-refractivity contribution is -0.128. The van der Waals surface area contributed by atoms with Crippen molar-refractivity contribution in [3.63, 3.8) is 0 Å². The summed E-state index contributed by atoms with van der Waals surface area (Å²) in [6, 6.07) is 0. The second-order valence-electron chi connectivity index (χ2n) is 4.32. The first-order chi connectivity index (χ1) is 5.43. The number of carbonyl (C=O) groups is 1. The molecule has 0 spiro atoms. The van der Waals surface area contributed by atoms with E-state index in [9.17, 15) is 4.79 Å². The predicted octanol–water partition coefficient (Wildman–Crippen LogP) is 2.19. The molecule has 0 radical (unpaired) electrons. The van der Waals surface area contributed by atoms with Gasteiger partial charge in [-0.1, -0.05) is 34.1 Å². The van der Waals surface area contributed by atoms with Gasteiger partial charge in [-0.05, 0) is 11.8 Å². The Bertz CT molecular complexity index is 146. The molecule has 0 bridgehead atoms. The Morgan fingerprint density at radius 3 is 2.17 bits per heavy atom. The van der Waals surface area contributed by atoms with E-state index >= 15 is 0 Å². The molecular formula is C10H21NO. The minimum atomic E-state index is 0.0795. The molecule has 1 atom stereocenters. The Morgan fingerprint density at radius 1 is 1.42 bits per heavy atom. The van der Waals surface area contributed by atoms with Crippen molar-refractivity contribution in [1.82, 2.24) is 5.32 Å². The fraction of sp³-hybridized carbons (Fsp3) is 0.900. The maximum atomic E-state index is 11.4. The van der Waals surface area contributed by atoms with E-state index in [0.29, 0.717) is 0 Å². The first kappa shape index (κ1) is 11.5. The highest BCUT2D eigenvalue weighted by Crippen LogP contribution is 2.29. The topological polar surface area (TPSA) is 29.1 Å². The summed E-state index contributed by atoms with van der Waals surface area (Å²) in [5, 5.41) is 2.72. The summed E-state index contributed by atoms with van der Waals surface area (Å²) in [4.78, 5) is 11.4. The third-order valence-corrected chi connectivity index (χ3v) is 2.19. The fourth-order valence-electron chi connectivity index (χ4n) is 1.42. The van der Waals surface area contributed by atoms with E-state index in [-0.39, 0.29) is 17.2 Å². The van der Waals surface area contributed by atoms with E-state index in [0.717, 1.165) is 12.8 Å². The zero-order valence-corrected chi connectivity index (χ0v) is 8.90. The van der Waals surface area contributed by atoms with Gasteiger partial charge in [0.1, 0.15) is 0 Å². The molecule has 0 aliphatic rings. The predicted molar refractivity (Wildman–Crippen MR) is 51.9 cm³/mol. The Balaban J connectivity index is 4.33. The number of carbonyl (C=O) groups excluding carboxylic acids is 1. The molecule has 1 N–H and O–H groups in total. The van der Waals surface area contributed by atoms with E-state index in [4.69, 9.17) is 0 Å². The molecule has 0 saturated carbocycles. The Hall–Kier alpha value is -0.530. The molecular weight excluding hydrogens is 150 g/mol. The lowest BCUT2D eigenvalue weighted by atomic mass is 9.77. The smallest absolute Gasteiger partial charge is 0.223 e. The monoisotopic (exact) mass is 171 g/mol. The van der Waals surface area contributed by atoms with Crippen LogP contribution in [0.4, 0.5) is 0 Å². The molecule has 0 heterocycles. The third-order valence-electron chi connectivity index (χ3n) is 2.19. The highest BCUT2D eigenvalue weighted by molar-refractivity contribution is 5.78. The molecule has 0 aliphatic heterocycles. The molecule has 0 aromatic carbocycles. The normalized spacial score (nSPS) is 14.1. The molecule has 2 nitrogen and oxygen atoms in total. The largest absolute Gasteiger partial charge is 0.359 e. The fourth-order valence-corrected chi connectivity index (χ4v) is 1.42. The van der Waals surface area contributed by atoms with Crippen molar-refractivity contribution in [1.29, 1.82) is 0 Å². The van der Waals surface area contributed by atoms with Crippen molar-refractivity contribution in [3.8, 4) is 0 Å². The Labute approximate surface area is 75.7 Å². The van der Waals surface area contributed by atoms with Crippen LogP contribution in [0.5, 0.6) is 0 Å². The van der Waals surface area contributed by atoms with Crippen molar-refractivity contribution in [2.24, 2.45) is 11.3 Å². The Kier molecular flexibility index (Phi) is 4.29. The zero-order valence-electron chi connectivity index (χ0n) is 8.90. The number of rotatable bonds is 3. The van der Waals surface area contributed by atoms with Crippen molar-refractivity contribution in [2.75, 3.05) is 7.05 Å². The van der Waals surface area contributed by atoms with Crippen LogP contribution in [0, 0.1) is 11.3 Å². The average Bonchev–Trinajstić information content (AvgIpc) is 1.96. The molecule has 0 aliphatic carbocycles. The van der Waals surface area contributed by atoms with Gasteiger partial charge in [-0.2, -0.15) is 0 Å². The maximum Gasteiger partial charge on any atom is 0.223 e. The van der Waals surface area contributed by atoms with E-state index in [2.05, 4.69) is 33.0 Å². The van der Waals surface area contributed by atoms with Gasteiger partial charge in [0.15, 0.2) is 0 Å². The quantitative estimate of drug-likeness (QED) is 0.693. The van der Waals surface area contributed by atoms with Crippen molar-refractivity contribution >= 4 is 5.91 Å². The highest BCUT2D eigenvalue weighted by Gasteiger charge is 2.29. The van der Waals surface area contributed by atoms with Crippen LogP contribution in [0.25, 0.3) is 0 Å². The number of hydrogen-bond donors (Lipinski definition) is 1. The lowest BCUT2D eigenvalue weighted by Crippen LogP contribution is -2.35. The third kappa shape index (κ3) is 3.24. The van der Waals surface area contributed by atoms with Crippen molar-refractivity contribution in [3.05, 3.63) is 0 Å². The van der Waals surface area contributed by atoms with Gasteiger partial charge in [-0.15, -0.1) is 0 Å². The van der Waals surface area contributed by atoms with Crippen LogP contribution in [0.2, 0.25) is 0 Å². The molecule has 1 unspecified atom stereocenters. The van der Waals surface area contributed by atoms with Gasteiger partial charge in [0.2, 0.25) is 5.91 Å². The van der Waals surface area contributed by atoms with Gasteiger partial charge in [0.25, 0.3) is 0 Å². The highest BCUT2D eigenvalue weighted by atomic mass is 16.1. The average molecular weight is 171 g/mol. The zero-order chi connectivity index (χ0) is 9.78. The van der Waals surface area contributed by atoms with Crippen LogP contribution in [-0.2, 0) is 4.79 Å². The van der Waals surface area contributed by atoms with Crippen LogP contribution in [0.15, 0.2) is 0 Å². The molecule has 0 aromatic rings. The molecule has 12 heavy (non-hydrogen) atoms. The minimum absolute atomic E-state index is 0.0795. The molecule has 0 saturated heterocycles. The van der Waals surface area contributed by atoms with Gasteiger partial charge in [-0.3, -0.25) is 4.79 Å². The molecule has 0 aromatic heterocycles. The van der Waals surface area contributed by atoms with Gasteiger partial charge in [0.05, 0.1) is 0 Å². The molecule has 0 fully saturated rings. The van der Waals surface area contributed by atoms with Gasteiger partial charge in [-0.25, -0.2) is 0 Å². The summed E-state index contributed by atoms with van der Waals surface area (Å²) in [5.74, 6) is 0.317. The second-order valence-corrected chi connectivity index (χ2v) is 4.32. The van der Waals surface area contributed by atoms with Crippen LogP contribution in [0.1, 0.15) is 40.5 Å². The molecule has 0 rings (SSSR count). The van der Waals surface area contributed by atoms with E-state index in [1.54, 1.807) is 7.05 Å². The first-order valence-electron chi connectivity index (χ1n) is 4.65. The summed E-state index contributed by atoms with van der Waals surface area (Å²) in [7, 11) is 1.71. The number of hydrogen-bond acceptors (Lipinski definition) is 1. The van der Waals surface area contributed by atoms with E-state index in [1.165, 1.54) is 0 Å². The van der Waals surface area contributed by atoms with Gasteiger partial charge in [0, 0.05) is 13.0 Å². The second kappa shape index (κ2) is 4.48. The van der Waals surface area contributed by atoms with Crippen molar-refractivity contribution < 1.29 is 4.79 Å². The van der Waals surface area contributed by atoms with E-state index in [1.807, 2.05) is 0 Å². The molecule has 1 amide bonds. The lowest BCUT2D eigenvalue weighted by Gasteiger charge is -2.28. The number of amides is 1. The Morgan fingerprint density at radius 2 is 1.92 bits per heavy atom.